The number of aryl methyl sites for hydroxylation is 1. The lowest BCUT2D eigenvalue weighted by molar-refractivity contribution is -0.103. The molecule has 1 aromatic rings. The molecule has 0 aliphatic rings. The van der Waals surface area contributed by atoms with Crippen molar-refractivity contribution in [3.8, 4) is 11.8 Å². The lowest BCUT2D eigenvalue weighted by Crippen LogP contribution is -2.00. The number of benzene rings is 1. The van der Waals surface area contributed by atoms with Gasteiger partial charge in [-0.05, 0) is 30.5 Å². The Bertz CT molecular complexity index is 436. The largest absolute Gasteiger partial charge is 0.478 e. The van der Waals surface area contributed by atoms with E-state index in [4.69, 9.17) is 5.11 Å². The van der Waals surface area contributed by atoms with Gasteiger partial charge in [-0.25, -0.2) is 4.79 Å². The molecule has 1 rings (SSSR count). The summed E-state index contributed by atoms with van der Waals surface area (Å²) >= 11 is 0. The first-order chi connectivity index (χ1) is 6.65. The molecule has 70 valence electrons. The zero-order valence-corrected chi connectivity index (χ0v) is 7.57. The molecule has 0 fully saturated rings. The van der Waals surface area contributed by atoms with Gasteiger partial charge in [-0.3, -0.25) is 4.79 Å². The first-order valence-corrected chi connectivity index (χ1v) is 3.94. The number of hydrogen-bond acceptors (Lipinski definition) is 2. The highest BCUT2D eigenvalue weighted by Crippen LogP contribution is 2.10. The van der Waals surface area contributed by atoms with Crippen LogP contribution in [-0.4, -0.2) is 17.4 Å². The van der Waals surface area contributed by atoms with Crippen LogP contribution in [0.25, 0.3) is 0 Å². The van der Waals surface area contributed by atoms with E-state index in [0.717, 1.165) is 5.56 Å². The Morgan fingerprint density at radius 1 is 1.50 bits per heavy atom. The van der Waals surface area contributed by atoms with Crippen LogP contribution in [0.15, 0.2) is 18.2 Å². The first-order valence-electron chi connectivity index (χ1n) is 3.94. The highest BCUT2D eigenvalue weighted by molar-refractivity contribution is 5.91. The molecule has 3 heteroatoms. The Morgan fingerprint density at radius 2 is 2.21 bits per heavy atom. The zero-order valence-electron chi connectivity index (χ0n) is 7.57. The van der Waals surface area contributed by atoms with Crippen LogP contribution in [0.2, 0.25) is 0 Å². The molecule has 0 unspecified atom stereocenters. The van der Waals surface area contributed by atoms with E-state index in [1.165, 1.54) is 6.07 Å². The van der Waals surface area contributed by atoms with Gasteiger partial charge in [0.15, 0.2) is 6.29 Å². The van der Waals surface area contributed by atoms with Crippen LogP contribution in [0, 0.1) is 18.8 Å². The van der Waals surface area contributed by atoms with Crippen molar-refractivity contribution in [3.63, 3.8) is 0 Å². The minimum absolute atomic E-state index is 0.116. The van der Waals surface area contributed by atoms with Crippen molar-refractivity contribution >= 4 is 12.3 Å². The number of aromatic carboxylic acids is 1. The van der Waals surface area contributed by atoms with Gasteiger partial charge in [0, 0.05) is 5.56 Å². The minimum Gasteiger partial charge on any atom is -0.478 e. The third-order valence-electron chi connectivity index (χ3n) is 1.67. The van der Waals surface area contributed by atoms with Gasteiger partial charge in [0.05, 0.1) is 5.56 Å². The monoisotopic (exact) mass is 188 g/mol. The van der Waals surface area contributed by atoms with Gasteiger partial charge in [-0.2, -0.15) is 0 Å². The van der Waals surface area contributed by atoms with Gasteiger partial charge < -0.3 is 5.11 Å². The van der Waals surface area contributed by atoms with E-state index in [9.17, 15) is 9.59 Å². The average molecular weight is 188 g/mol. The van der Waals surface area contributed by atoms with Crippen molar-refractivity contribution in [3.05, 3.63) is 34.9 Å². The minimum atomic E-state index is -1.04. The van der Waals surface area contributed by atoms with Gasteiger partial charge in [-0.15, -0.1) is 0 Å². The summed E-state index contributed by atoms with van der Waals surface area (Å²) in [5, 5.41) is 8.80. The van der Waals surface area contributed by atoms with Crippen molar-refractivity contribution in [1.82, 2.24) is 0 Å². The molecule has 0 atom stereocenters. The fourth-order valence-corrected chi connectivity index (χ4v) is 1.06. The Balaban J connectivity index is 3.29. The molecule has 0 saturated heterocycles. The second-order valence-corrected chi connectivity index (χ2v) is 2.74. The average Bonchev–Trinajstić information content (AvgIpc) is 2.14. The number of carbonyl (C=O) groups excluding carboxylic acids is 1. The first kappa shape index (κ1) is 10.0. The molecular formula is C11H8O3. The molecule has 0 heterocycles. The van der Waals surface area contributed by atoms with Crippen molar-refractivity contribution in [1.29, 1.82) is 0 Å². The second-order valence-electron chi connectivity index (χ2n) is 2.74. The fourth-order valence-electron chi connectivity index (χ4n) is 1.06. The summed E-state index contributed by atoms with van der Waals surface area (Å²) in [4.78, 5) is 20.8. The molecule has 0 aliphatic carbocycles. The third-order valence-corrected chi connectivity index (χ3v) is 1.67. The standard InChI is InChI=1S/C11H8O3/c1-8-4-5-10(11(13)14)9(7-8)3-2-6-12/h4-7H,1H3,(H,13,14). The molecule has 0 aromatic heterocycles. The highest BCUT2D eigenvalue weighted by atomic mass is 16.4. The molecule has 0 amide bonds. The maximum absolute atomic E-state index is 10.7. The van der Waals surface area contributed by atoms with Gasteiger partial charge in [0.25, 0.3) is 0 Å². The van der Waals surface area contributed by atoms with E-state index in [2.05, 4.69) is 11.8 Å². The Kier molecular flexibility index (Phi) is 3.03. The Morgan fingerprint density at radius 3 is 2.79 bits per heavy atom. The zero-order chi connectivity index (χ0) is 10.6. The lowest BCUT2D eigenvalue weighted by atomic mass is 10.1. The normalized spacial score (nSPS) is 8.64. The molecule has 0 spiro atoms. The smallest absolute Gasteiger partial charge is 0.336 e. The van der Waals surface area contributed by atoms with Crippen LogP contribution in [-0.2, 0) is 4.79 Å². The van der Waals surface area contributed by atoms with E-state index in [1.807, 2.05) is 6.92 Å². The van der Waals surface area contributed by atoms with E-state index >= 15 is 0 Å². The van der Waals surface area contributed by atoms with Crippen LogP contribution in [0.1, 0.15) is 21.5 Å². The molecule has 0 aliphatic heterocycles. The molecule has 1 N–H and O–H groups in total. The summed E-state index contributed by atoms with van der Waals surface area (Å²) in [6, 6.07) is 4.81. The van der Waals surface area contributed by atoms with Crippen molar-refractivity contribution in [2.24, 2.45) is 0 Å². The molecule has 0 saturated carbocycles. The summed E-state index contributed by atoms with van der Waals surface area (Å²) < 4.78 is 0. The summed E-state index contributed by atoms with van der Waals surface area (Å²) in [6.07, 6.45) is 0.438. The van der Waals surface area contributed by atoms with E-state index in [0.29, 0.717) is 11.8 Å². The second kappa shape index (κ2) is 4.24. The number of carboxylic acid groups (broad SMARTS) is 1. The van der Waals surface area contributed by atoms with Crippen LogP contribution >= 0.6 is 0 Å². The van der Waals surface area contributed by atoms with Crippen LogP contribution in [0.4, 0.5) is 0 Å². The molecule has 0 radical (unpaired) electrons. The van der Waals surface area contributed by atoms with Gasteiger partial charge in [0.2, 0.25) is 0 Å². The van der Waals surface area contributed by atoms with Gasteiger partial charge >= 0.3 is 5.97 Å². The number of rotatable bonds is 1. The van der Waals surface area contributed by atoms with Crippen molar-refractivity contribution in [2.75, 3.05) is 0 Å². The SMILES string of the molecule is Cc1ccc(C(=O)O)c(C#CC=O)c1. The quantitative estimate of drug-likeness (QED) is 0.533. The number of aldehydes is 1. The molecule has 1 aromatic carbocycles. The van der Waals surface area contributed by atoms with Gasteiger partial charge in [-0.1, -0.05) is 12.0 Å². The Hall–Kier alpha value is -2.08. The van der Waals surface area contributed by atoms with Crippen LogP contribution < -0.4 is 0 Å². The predicted octanol–water partition coefficient (Wildman–Crippen LogP) is 1.24. The highest BCUT2D eigenvalue weighted by Gasteiger charge is 2.07. The summed E-state index contributed by atoms with van der Waals surface area (Å²) in [5.74, 6) is 3.64. The van der Waals surface area contributed by atoms with Gasteiger partial charge in [0.1, 0.15) is 0 Å². The maximum Gasteiger partial charge on any atom is 0.336 e. The summed E-state index contributed by atoms with van der Waals surface area (Å²) in [7, 11) is 0. The number of carbonyl (C=O) groups is 2. The fraction of sp³-hybridized carbons (Fsp3) is 0.0909. The molecule has 0 bridgehead atoms. The topological polar surface area (TPSA) is 54.4 Å². The van der Waals surface area contributed by atoms with Crippen LogP contribution in [0.3, 0.4) is 0 Å². The number of hydrogen-bond donors (Lipinski definition) is 1. The summed E-state index contributed by atoms with van der Waals surface area (Å²) in [6.45, 7) is 1.83. The third kappa shape index (κ3) is 2.20. The summed E-state index contributed by atoms with van der Waals surface area (Å²) in [5.41, 5.74) is 1.39. The van der Waals surface area contributed by atoms with E-state index in [-0.39, 0.29) is 5.56 Å². The number of carboxylic acids is 1. The van der Waals surface area contributed by atoms with E-state index in [1.54, 1.807) is 12.1 Å². The molecule has 3 nitrogen and oxygen atoms in total. The Labute approximate surface area is 81.4 Å². The van der Waals surface area contributed by atoms with Crippen molar-refractivity contribution < 1.29 is 14.7 Å². The maximum atomic E-state index is 10.7. The lowest BCUT2D eigenvalue weighted by Gasteiger charge is -1.99. The van der Waals surface area contributed by atoms with Crippen molar-refractivity contribution in [2.45, 2.75) is 6.92 Å². The van der Waals surface area contributed by atoms with Crippen LogP contribution in [0.5, 0.6) is 0 Å². The molecule has 14 heavy (non-hydrogen) atoms. The predicted molar refractivity (Wildman–Crippen MR) is 51.1 cm³/mol. The van der Waals surface area contributed by atoms with E-state index < -0.39 is 5.97 Å². The molecular weight excluding hydrogens is 180 g/mol.